The van der Waals surface area contributed by atoms with Crippen molar-refractivity contribution in [2.45, 2.75) is 83.0 Å². The molecule has 0 spiro atoms. The Labute approximate surface area is 233 Å². The van der Waals surface area contributed by atoms with E-state index in [0.29, 0.717) is 32.2 Å². The summed E-state index contributed by atoms with van der Waals surface area (Å²) in [6.45, 7) is 2.28. The number of carboxylic acid groups (broad SMARTS) is 1. The molecule has 11 heteroatoms. The van der Waals surface area contributed by atoms with Crippen LogP contribution < -0.4 is 20.1 Å². The minimum absolute atomic E-state index is 0.0244. The summed E-state index contributed by atoms with van der Waals surface area (Å²) in [4.78, 5) is 38.2. The van der Waals surface area contributed by atoms with Crippen LogP contribution in [0.2, 0.25) is 0 Å². The van der Waals surface area contributed by atoms with E-state index in [1.807, 2.05) is 0 Å². The summed E-state index contributed by atoms with van der Waals surface area (Å²) in [7, 11) is 2.92. The van der Waals surface area contributed by atoms with E-state index in [9.17, 15) is 29.0 Å². The lowest BCUT2D eigenvalue weighted by molar-refractivity contribution is -0.155. The van der Waals surface area contributed by atoms with Gasteiger partial charge in [0.05, 0.1) is 42.8 Å². The molecule has 0 aliphatic heterocycles. The number of carboxylic acids is 1. The summed E-state index contributed by atoms with van der Waals surface area (Å²) < 4.78 is 31.6. The molecule has 0 bridgehead atoms. The topological polar surface area (TPSA) is 143 Å². The molecular weight excluding hydrogens is 523 g/mol. The largest absolute Gasteiger partial charge is 0.496 e. The number of carbonyl (C=O) groups excluding carboxylic acids is 2. The second kappa shape index (κ2) is 12.3. The smallest absolute Gasteiger partial charge is 0.311 e. The molecule has 0 unspecified atom stereocenters. The summed E-state index contributed by atoms with van der Waals surface area (Å²) in [6, 6.07) is 1.88. The number of aliphatic hydroxyl groups is 1. The van der Waals surface area contributed by atoms with Crippen molar-refractivity contribution in [3.63, 3.8) is 0 Å². The zero-order valence-electron chi connectivity index (χ0n) is 23.5. The summed E-state index contributed by atoms with van der Waals surface area (Å²) >= 11 is 0. The van der Waals surface area contributed by atoms with Crippen molar-refractivity contribution >= 4 is 17.8 Å². The van der Waals surface area contributed by atoms with Gasteiger partial charge in [-0.05, 0) is 62.8 Å². The molecule has 1 aromatic rings. The van der Waals surface area contributed by atoms with Gasteiger partial charge in [-0.3, -0.25) is 14.4 Å². The van der Waals surface area contributed by atoms with Crippen LogP contribution in [0.25, 0.3) is 0 Å². The number of hydrogen-bond donors (Lipinski definition) is 4. The molecule has 1 aromatic carbocycles. The number of carbonyl (C=O) groups is 3. The Kier molecular flexibility index (Phi) is 9.24. The molecular formula is C29H41FN2O8. The van der Waals surface area contributed by atoms with Crippen molar-refractivity contribution in [2.24, 2.45) is 16.7 Å². The average molecular weight is 565 g/mol. The second-order valence-electron chi connectivity index (χ2n) is 11.9. The Morgan fingerprint density at radius 2 is 1.75 bits per heavy atom. The molecule has 222 valence electrons. The first-order valence-electron chi connectivity index (χ1n) is 14.0. The van der Waals surface area contributed by atoms with Gasteiger partial charge in [0.1, 0.15) is 5.75 Å². The highest BCUT2D eigenvalue weighted by molar-refractivity contribution is 5.98. The van der Waals surface area contributed by atoms with Gasteiger partial charge < -0.3 is 35.1 Å². The van der Waals surface area contributed by atoms with E-state index in [-0.39, 0.29) is 47.3 Å². The first-order valence-corrected chi connectivity index (χ1v) is 14.0. The lowest BCUT2D eigenvalue weighted by atomic mass is 9.70. The minimum Gasteiger partial charge on any atom is -0.496 e. The van der Waals surface area contributed by atoms with E-state index in [0.717, 1.165) is 25.3 Å². The number of amides is 2. The fourth-order valence-corrected chi connectivity index (χ4v) is 6.12. The molecule has 3 atom stereocenters. The molecule has 0 aromatic heterocycles. The molecule has 40 heavy (non-hydrogen) atoms. The first-order chi connectivity index (χ1) is 19.0. The highest BCUT2D eigenvalue weighted by atomic mass is 19.1. The van der Waals surface area contributed by atoms with Crippen molar-refractivity contribution in [2.75, 3.05) is 27.4 Å². The number of rotatable bonds is 11. The lowest BCUT2D eigenvalue weighted by Crippen LogP contribution is -2.47. The van der Waals surface area contributed by atoms with Gasteiger partial charge >= 0.3 is 5.97 Å². The van der Waals surface area contributed by atoms with Crippen LogP contribution in [0, 0.1) is 22.6 Å². The van der Waals surface area contributed by atoms with Crippen LogP contribution in [0.4, 0.5) is 4.39 Å². The molecule has 2 amide bonds. The summed E-state index contributed by atoms with van der Waals surface area (Å²) in [6.07, 6.45) is 4.63. The lowest BCUT2D eigenvalue weighted by Gasteiger charge is -2.38. The number of hydrogen-bond acceptors (Lipinski definition) is 7. The van der Waals surface area contributed by atoms with Gasteiger partial charge in [-0.1, -0.05) is 13.3 Å². The molecule has 4 rings (SSSR count). The maximum atomic E-state index is 14.9. The van der Waals surface area contributed by atoms with Gasteiger partial charge in [0.15, 0.2) is 11.6 Å². The zero-order valence-corrected chi connectivity index (χ0v) is 23.5. The van der Waals surface area contributed by atoms with Gasteiger partial charge in [-0.2, -0.15) is 0 Å². The van der Waals surface area contributed by atoms with E-state index in [1.165, 1.54) is 13.2 Å². The number of methoxy groups -OCH3 is 2. The second-order valence-corrected chi connectivity index (χ2v) is 11.9. The first kappa shape index (κ1) is 30.0. The molecule has 0 heterocycles. The molecule has 4 N–H and O–H groups in total. The molecule has 3 fully saturated rings. The van der Waals surface area contributed by atoms with Crippen molar-refractivity contribution in [1.82, 2.24) is 10.6 Å². The van der Waals surface area contributed by atoms with Gasteiger partial charge in [0.2, 0.25) is 5.91 Å². The van der Waals surface area contributed by atoms with Crippen LogP contribution in [0.3, 0.4) is 0 Å². The van der Waals surface area contributed by atoms with Crippen molar-refractivity contribution in [3.05, 3.63) is 23.5 Å². The standard InChI is InChI=1S/C29H41FN2O8/c1-28(7-4-8-28)15-31-25(34)19-11-18(38-2)12-22(19)32-26(35)20-13-24(21(30)14-23(20)39-3)40-17-5-9-29(16-33,10-6-17)27(36)37/h13-14,17-19,22,33H,4-12,15-16H2,1-3H3,(H,31,34)(H,32,35)(H,36,37)/t17-,18-,19-,22+,29+/m1/s1. The third kappa shape index (κ3) is 6.35. The monoisotopic (exact) mass is 564 g/mol. The molecule has 3 aliphatic rings. The van der Waals surface area contributed by atoms with Crippen molar-refractivity contribution in [3.8, 4) is 11.5 Å². The van der Waals surface area contributed by atoms with E-state index in [4.69, 9.17) is 14.2 Å². The summed E-state index contributed by atoms with van der Waals surface area (Å²) in [5, 5.41) is 25.1. The maximum Gasteiger partial charge on any atom is 0.311 e. The minimum atomic E-state index is -1.22. The van der Waals surface area contributed by atoms with Gasteiger partial charge in [0, 0.05) is 25.8 Å². The Bertz CT molecular complexity index is 1100. The Hall–Kier alpha value is -2.92. The normalized spacial score (nSPS) is 29.2. The Morgan fingerprint density at radius 3 is 2.30 bits per heavy atom. The fourth-order valence-electron chi connectivity index (χ4n) is 6.12. The maximum absolute atomic E-state index is 14.9. The molecule has 0 radical (unpaired) electrons. The van der Waals surface area contributed by atoms with Crippen LogP contribution in [0.1, 0.15) is 75.1 Å². The number of aliphatic carboxylic acids is 1. The average Bonchev–Trinajstić information content (AvgIpc) is 3.34. The highest BCUT2D eigenvalue weighted by Crippen LogP contribution is 2.40. The number of benzene rings is 1. The number of halogens is 1. The molecule has 10 nitrogen and oxygen atoms in total. The van der Waals surface area contributed by atoms with E-state index < -0.39 is 47.8 Å². The van der Waals surface area contributed by atoms with Crippen molar-refractivity contribution in [1.29, 1.82) is 0 Å². The summed E-state index contributed by atoms with van der Waals surface area (Å²) in [5.41, 5.74) is -1.04. The quantitative estimate of drug-likeness (QED) is 0.321. The van der Waals surface area contributed by atoms with Gasteiger partial charge in [-0.15, -0.1) is 0 Å². The predicted molar refractivity (Wildman–Crippen MR) is 143 cm³/mol. The number of aliphatic hydroxyl groups excluding tert-OH is 1. The molecule has 3 aliphatic carbocycles. The van der Waals surface area contributed by atoms with Crippen LogP contribution in [-0.2, 0) is 14.3 Å². The van der Waals surface area contributed by atoms with E-state index in [1.54, 1.807) is 7.11 Å². The van der Waals surface area contributed by atoms with Crippen LogP contribution in [0.15, 0.2) is 12.1 Å². The molecule has 0 saturated heterocycles. The van der Waals surface area contributed by atoms with E-state index >= 15 is 0 Å². The number of ether oxygens (including phenoxy) is 3. The third-order valence-electron chi connectivity index (χ3n) is 9.19. The fraction of sp³-hybridized carbons (Fsp3) is 0.690. The number of nitrogens with one attached hydrogen (secondary N) is 2. The summed E-state index contributed by atoms with van der Waals surface area (Å²) in [5.74, 6) is -3.01. The molecule has 3 saturated carbocycles. The van der Waals surface area contributed by atoms with Crippen molar-refractivity contribution < 1.29 is 43.2 Å². The SMILES string of the molecule is COc1cc(F)c(O[C@H]2CC[C@@](CO)(C(=O)O)CC2)cc1C(=O)N[C@H]1C[C@H](OC)C[C@H]1C(=O)NCC1(C)CCC1. The van der Waals surface area contributed by atoms with Crippen LogP contribution >= 0.6 is 0 Å². The highest BCUT2D eigenvalue weighted by Gasteiger charge is 2.43. The predicted octanol–water partition coefficient (Wildman–Crippen LogP) is 3.05. The van der Waals surface area contributed by atoms with Crippen LogP contribution in [0.5, 0.6) is 11.5 Å². The third-order valence-corrected chi connectivity index (χ3v) is 9.19. The zero-order chi connectivity index (χ0) is 29.1. The van der Waals surface area contributed by atoms with Crippen LogP contribution in [-0.4, -0.2) is 73.6 Å². The van der Waals surface area contributed by atoms with Gasteiger partial charge in [0.25, 0.3) is 5.91 Å². The van der Waals surface area contributed by atoms with E-state index in [2.05, 4.69) is 17.6 Å². The Balaban J connectivity index is 1.45. The Morgan fingerprint density at radius 1 is 1.05 bits per heavy atom. The van der Waals surface area contributed by atoms with Gasteiger partial charge in [-0.25, -0.2) is 4.39 Å².